The summed E-state index contributed by atoms with van der Waals surface area (Å²) in [5, 5.41) is 1.06. The molecule has 1 aromatic heterocycles. The molecule has 1 aliphatic rings. The van der Waals surface area contributed by atoms with Crippen LogP contribution in [0, 0.1) is 12.8 Å². The van der Waals surface area contributed by atoms with E-state index in [0.29, 0.717) is 12.5 Å². The molecule has 1 aliphatic heterocycles. The number of aryl methyl sites for hydroxylation is 1. The monoisotopic (exact) mass is 309 g/mol. The van der Waals surface area contributed by atoms with Crippen LogP contribution in [-0.2, 0) is 11.3 Å². The van der Waals surface area contributed by atoms with Crippen LogP contribution < -0.4 is 0 Å². The van der Waals surface area contributed by atoms with Crippen molar-refractivity contribution in [3.05, 3.63) is 16.1 Å². The van der Waals surface area contributed by atoms with Gasteiger partial charge in [0.15, 0.2) is 0 Å². The van der Waals surface area contributed by atoms with E-state index in [1.54, 1.807) is 11.3 Å². The van der Waals surface area contributed by atoms with Crippen LogP contribution in [0.25, 0.3) is 0 Å². The number of aromatic nitrogens is 1. The van der Waals surface area contributed by atoms with E-state index in [-0.39, 0.29) is 11.9 Å². The van der Waals surface area contributed by atoms with Gasteiger partial charge in [0.05, 0.1) is 17.6 Å². The molecule has 1 saturated heterocycles. The molecule has 1 amide bonds. The van der Waals surface area contributed by atoms with Crippen LogP contribution in [0.2, 0.25) is 0 Å². The molecule has 4 nitrogen and oxygen atoms in total. The predicted octanol–water partition coefficient (Wildman–Crippen LogP) is 2.92. The maximum absolute atomic E-state index is 12.9. The van der Waals surface area contributed by atoms with E-state index in [9.17, 15) is 4.79 Å². The van der Waals surface area contributed by atoms with E-state index in [4.69, 9.17) is 0 Å². The van der Waals surface area contributed by atoms with Crippen molar-refractivity contribution in [2.45, 2.75) is 52.6 Å². The van der Waals surface area contributed by atoms with Gasteiger partial charge in [-0.15, -0.1) is 11.3 Å². The SMILES string of the molecule is Cc1ncc(CN(C)C(=O)[C@@H](C(C)C)N2CCCCC2)s1. The number of likely N-dealkylation sites (N-methyl/N-ethyl adjacent to an activating group) is 1. The summed E-state index contributed by atoms with van der Waals surface area (Å²) in [7, 11) is 1.91. The molecule has 0 radical (unpaired) electrons. The third-order valence-electron chi connectivity index (χ3n) is 4.11. The fourth-order valence-corrected chi connectivity index (χ4v) is 3.92. The lowest BCUT2D eigenvalue weighted by atomic mass is 9.98. The zero-order chi connectivity index (χ0) is 15.4. The Balaban J connectivity index is 2.02. The molecule has 0 N–H and O–H groups in total. The molecule has 0 bridgehead atoms. The lowest BCUT2D eigenvalue weighted by molar-refractivity contribution is -0.138. The summed E-state index contributed by atoms with van der Waals surface area (Å²) >= 11 is 1.67. The highest BCUT2D eigenvalue weighted by Crippen LogP contribution is 2.21. The van der Waals surface area contributed by atoms with Crippen LogP contribution in [-0.4, -0.2) is 46.9 Å². The standard InChI is InChI=1S/C16H27N3OS/c1-12(2)15(19-8-6-5-7-9-19)16(20)18(4)11-14-10-17-13(3)21-14/h10,12,15H,5-9,11H2,1-4H3/t15-/m1/s1. The van der Waals surface area contributed by atoms with Crippen LogP contribution in [0.5, 0.6) is 0 Å². The summed E-state index contributed by atoms with van der Waals surface area (Å²) < 4.78 is 0. The smallest absolute Gasteiger partial charge is 0.240 e. The predicted molar refractivity (Wildman–Crippen MR) is 87.4 cm³/mol. The highest BCUT2D eigenvalue weighted by molar-refractivity contribution is 7.11. The minimum Gasteiger partial charge on any atom is -0.339 e. The second-order valence-corrected chi connectivity index (χ2v) is 7.64. The Morgan fingerprint density at radius 3 is 2.57 bits per heavy atom. The molecule has 21 heavy (non-hydrogen) atoms. The van der Waals surface area contributed by atoms with Gasteiger partial charge >= 0.3 is 0 Å². The summed E-state index contributed by atoms with van der Waals surface area (Å²) in [6.45, 7) is 9.09. The van der Waals surface area contributed by atoms with E-state index in [0.717, 1.165) is 23.0 Å². The molecule has 0 saturated carbocycles. The molecule has 0 aromatic carbocycles. The van der Waals surface area contributed by atoms with E-state index >= 15 is 0 Å². The minimum atomic E-state index is 0.0179. The molecule has 1 atom stereocenters. The molecular weight excluding hydrogens is 282 g/mol. The second kappa shape index (κ2) is 7.36. The first-order valence-corrected chi connectivity index (χ1v) is 8.71. The molecule has 0 aliphatic carbocycles. The Morgan fingerprint density at radius 1 is 1.38 bits per heavy atom. The van der Waals surface area contributed by atoms with Crippen LogP contribution in [0.15, 0.2) is 6.20 Å². The molecular formula is C16H27N3OS. The molecule has 2 rings (SSSR count). The van der Waals surface area contributed by atoms with Gasteiger partial charge in [-0.3, -0.25) is 9.69 Å². The molecule has 2 heterocycles. The van der Waals surface area contributed by atoms with E-state index in [2.05, 4.69) is 23.7 Å². The Labute approximate surface area is 132 Å². The lowest BCUT2D eigenvalue weighted by Gasteiger charge is -2.37. The van der Waals surface area contributed by atoms with Crippen LogP contribution in [0.1, 0.15) is 43.0 Å². The number of piperidine rings is 1. The van der Waals surface area contributed by atoms with Crippen molar-refractivity contribution < 1.29 is 4.79 Å². The number of rotatable bonds is 5. The topological polar surface area (TPSA) is 36.4 Å². The van der Waals surface area contributed by atoms with Crippen molar-refractivity contribution in [3.63, 3.8) is 0 Å². The summed E-state index contributed by atoms with van der Waals surface area (Å²) in [5.41, 5.74) is 0. The largest absolute Gasteiger partial charge is 0.339 e. The van der Waals surface area contributed by atoms with Crippen molar-refractivity contribution in [1.29, 1.82) is 0 Å². The number of amides is 1. The van der Waals surface area contributed by atoms with Gasteiger partial charge in [0, 0.05) is 18.1 Å². The van der Waals surface area contributed by atoms with Crippen molar-refractivity contribution in [1.82, 2.24) is 14.8 Å². The average Bonchev–Trinajstić information content (AvgIpc) is 2.85. The summed E-state index contributed by atoms with van der Waals surface area (Å²) in [5.74, 6) is 0.596. The van der Waals surface area contributed by atoms with Crippen molar-refractivity contribution in [2.24, 2.45) is 5.92 Å². The molecule has 5 heteroatoms. The van der Waals surface area contributed by atoms with Crippen molar-refractivity contribution in [2.75, 3.05) is 20.1 Å². The van der Waals surface area contributed by atoms with Gasteiger partial charge in [0.2, 0.25) is 5.91 Å². The number of nitrogens with zero attached hydrogens (tertiary/aromatic N) is 3. The summed E-state index contributed by atoms with van der Waals surface area (Å²) in [4.78, 5) is 22.5. The Hall–Kier alpha value is -0.940. The number of likely N-dealkylation sites (tertiary alicyclic amines) is 1. The maximum Gasteiger partial charge on any atom is 0.240 e. The fraction of sp³-hybridized carbons (Fsp3) is 0.750. The lowest BCUT2D eigenvalue weighted by Crippen LogP contribution is -2.51. The number of carbonyl (C=O) groups excluding carboxylic acids is 1. The number of thiazole rings is 1. The van der Waals surface area contributed by atoms with Crippen LogP contribution >= 0.6 is 11.3 Å². The van der Waals surface area contributed by atoms with Crippen molar-refractivity contribution in [3.8, 4) is 0 Å². The third kappa shape index (κ3) is 4.27. The Bertz CT molecular complexity index is 466. The van der Waals surface area contributed by atoms with Crippen LogP contribution in [0.3, 0.4) is 0 Å². The quantitative estimate of drug-likeness (QED) is 0.839. The van der Waals surface area contributed by atoms with Gasteiger partial charge in [0.1, 0.15) is 0 Å². The van der Waals surface area contributed by atoms with Gasteiger partial charge in [0.25, 0.3) is 0 Å². The Morgan fingerprint density at radius 2 is 2.05 bits per heavy atom. The minimum absolute atomic E-state index is 0.0179. The molecule has 118 valence electrons. The summed E-state index contributed by atoms with van der Waals surface area (Å²) in [6, 6.07) is 0.0179. The van der Waals surface area contributed by atoms with Gasteiger partial charge in [-0.05, 0) is 38.8 Å². The zero-order valence-corrected chi connectivity index (χ0v) is 14.4. The van der Waals surface area contributed by atoms with Gasteiger partial charge < -0.3 is 4.90 Å². The number of hydrogen-bond donors (Lipinski definition) is 0. The molecule has 1 fully saturated rings. The second-order valence-electron chi connectivity index (χ2n) is 6.33. The molecule has 1 aromatic rings. The van der Waals surface area contributed by atoms with E-state index in [1.807, 2.05) is 25.1 Å². The van der Waals surface area contributed by atoms with E-state index < -0.39 is 0 Å². The normalized spacial score (nSPS) is 18.0. The van der Waals surface area contributed by atoms with Crippen LogP contribution in [0.4, 0.5) is 0 Å². The first-order valence-electron chi connectivity index (χ1n) is 7.89. The number of carbonyl (C=O) groups is 1. The average molecular weight is 309 g/mol. The first kappa shape index (κ1) is 16.4. The molecule has 0 spiro atoms. The zero-order valence-electron chi connectivity index (χ0n) is 13.6. The van der Waals surface area contributed by atoms with Gasteiger partial charge in [-0.1, -0.05) is 20.3 Å². The highest BCUT2D eigenvalue weighted by atomic mass is 32.1. The fourth-order valence-electron chi connectivity index (χ4n) is 3.08. The number of hydrogen-bond acceptors (Lipinski definition) is 4. The van der Waals surface area contributed by atoms with Gasteiger partial charge in [-0.25, -0.2) is 4.98 Å². The van der Waals surface area contributed by atoms with E-state index in [1.165, 1.54) is 19.3 Å². The highest BCUT2D eigenvalue weighted by Gasteiger charge is 2.31. The molecule has 0 unspecified atom stereocenters. The van der Waals surface area contributed by atoms with Gasteiger partial charge in [-0.2, -0.15) is 0 Å². The summed E-state index contributed by atoms with van der Waals surface area (Å²) in [6.07, 6.45) is 5.61. The third-order valence-corrected chi connectivity index (χ3v) is 5.00. The van der Waals surface area contributed by atoms with Crippen molar-refractivity contribution >= 4 is 17.2 Å². The Kier molecular flexibility index (Phi) is 5.76. The first-order chi connectivity index (χ1) is 9.99. The maximum atomic E-state index is 12.9.